The van der Waals surface area contributed by atoms with Crippen molar-refractivity contribution in [1.82, 2.24) is 9.80 Å². The SMILES string of the molecule is O=C1C2CN3CN(C2)CC1(c1ccccc1F)C3. The Morgan fingerprint density at radius 2 is 1.83 bits per heavy atom. The first kappa shape index (κ1) is 10.6. The Morgan fingerprint density at radius 3 is 2.50 bits per heavy atom. The predicted octanol–water partition coefficient (Wildman–Crippen LogP) is 0.851. The molecule has 1 aromatic carbocycles. The van der Waals surface area contributed by atoms with Gasteiger partial charge in [0.25, 0.3) is 0 Å². The second kappa shape index (κ2) is 3.39. The van der Waals surface area contributed by atoms with Gasteiger partial charge in [-0.2, -0.15) is 0 Å². The molecule has 0 N–H and O–H groups in total. The maximum atomic E-state index is 14.1. The molecule has 0 amide bonds. The second-order valence-electron chi connectivity index (χ2n) is 5.79. The number of hydrogen-bond donors (Lipinski definition) is 0. The number of halogens is 1. The van der Waals surface area contributed by atoms with Gasteiger partial charge in [0.05, 0.1) is 12.1 Å². The molecule has 0 aliphatic carbocycles. The number of piperidine rings is 2. The van der Waals surface area contributed by atoms with E-state index in [2.05, 4.69) is 9.80 Å². The average molecular weight is 246 g/mol. The number of hydrogen-bond acceptors (Lipinski definition) is 3. The normalized spacial score (nSPS) is 41.4. The molecule has 4 bridgehead atoms. The van der Waals surface area contributed by atoms with Crippen LogP contribution < -0.4 is 0 Å². The van der Waals surface area contributed by atoms with E-state index in [4.69, 9.17) is 0 Å². The second-order valence-corrected chi connectivity index (χ2v) is 5.79. The third-order valence-electron chi connectivity index (χ3n) is 4.58. The molecule has 4 heteroatoms. The van der Waals surface area contributed by atoms with E-state index in [9.17, 15) is 9.18 Å². The highest BCUT2D eigenvalue weighted by atomic mass is 19.1. The number of ketones is 1. The van der Waals surface area contributed by atoms with Gasteiger partial charge in [-0.3, -0.25) is 14.6 Å². The summed E-state index contributed by atoms with van der Waals surface area (Å²) in [5.74, 6) is 0.0795. The summed E-state index contributed by atoms with van der Waals surface area (Å²) in [7, 11) is 0. The van der Waals surface area contributed by atoms with Gasteiger partial charge in [0, 0.05) is 37.7 Å². The molecular formula is C14H15FN2O. The average Bonchev–Trinajstić information content (AvgIpc) is 2.35. The molecule has 2 atom stereocenters. The van der Waals surface area contributed by atoms with Crippen molar-refractivity contribution in [2.24, 2.45) is 5.92 Å². The molecule has 4 aliphatic rings. The van der Waals surface area contributed by atoms with E-state index in [1.54, 1.807) is 12.1 Å². The number of nitrogens with zero attached hydrogens (tertiary/aromatic N) is 2. The first-order valence-electron chi connectivity index (χ1n) is 6.43. The van der Waals surface area contributed by atoms with Crippen LogP contribution >= 0.6 is 0 Å². The summed E-state index contributed by atoms with van der Waals surface area (Å²) in [6, 6.07) is 6.76. The van der Waals surface area contributed by atoms with Crippen molar-refractivity contribution in [3.05, 3.63) is 35.6 Å². The largest absolute Gasteiger partial charge is 0.298 e. The molecule has 94 valence electrons. The van der Waals surface area contributed by atoms with Crippen LogP contribution in [0, 0.1) is 11.7 Å². The van der Waals surface area contributed by atoms with Gasteiger partial charge in [-0.15, -0.1) is 0 Å². The standard InChI is InChI=1S/C14H15FN2O/c15-12-4-2-1-3-11(12)14-7-16-5-10(13(14)18)6-17(8-14)9-16/h1-4,10H,5-9H2. The van der Waals surface area contributed by atoms with Crippen molar-refractivity contribution in [3.63, 3.8) is 0 Å². The van der Waals surface area contributed by atoms with Crippen molar-refractivity contribution in [2.75, 3.05) is 32.8 Å². The predicted molar refractivity (Wildman–Crippen MR) is 64.6 cm³/mol. The molecule has 18 heavy (non-hydrogen) atoms. The molecule has 2 unspecified atom stereocenters. The number of rotatable bonds is 1. The van der Waals surface area contributed by atoms with E-state index in [0.717, 1.165) is 19.8 Å². The highest BCUT2D eigenvalue weighted by Gasteiger charge is 2.57. The van der Waals surface area contributed by atoms with Gasteiger partial charge >= 0.3 is 0 Å². The van der Waals surface area contributed by atoms with Crippen LogP contribution in [0.3, 0.4) is 0 Å². The molecule has 0 radical (unpaired) electrons. The summed E-state index contributed by atoms with van der Waals surface area (Å²) >= 11 is 0. The van der Waals surface area contributed by atoms with Gasteiger partial charge < -0.3 is 0 Å². The fourth-order valence-electron chi connectivity index (χ4n) is 3.99. The topological polar surface area (TPSA) is 23.6 Å². The van der Waals surface area contributed by atoms with E-state index >= 15 is 0 Å². The molecule has 0 saturated carbocycles. The van der Waals surface area contributed by atoms with Crippen LogP contribution in [0.25, 0.3) is 0 Å². The highest BCUT2D eigenvalue weighted by molar-refractivity contribution is 5.95. The zero-order chi connectivity index (χ0) is 12.3. The number of Topliss-reactive ketones (excluding diaryl/α,β-unsaturated/α-hetero) is 1. The third-order valence-corrected chi connectivity index (χ3v) is 4.58. The summed E-state index contributed by atoms with van der Waals surface area (Å²) in [6.07, 6.45) is 0. The fraction of sp³-hybridized carbons (Fsp3) is 0.500. The zero-order valence-corrected chi connectivity index (χ0v) is 10.1. The number of carbonyl (C=O) groups is 1. The van der Waals surface area contributed by atoms with Gasteiger partial charge in [0.2, 0.25) is 0 Å². The summed E-state index contributed by atoms with van der Waals surface area (Å²) in [6.45, 7) is 4.00. The maximum absolute atomic E-state index is 14.1. The lowest BCUT2D eigenvalue weighted by Gasteiger charge is -2.58. The smallest absolute Gasteiger partial charge is 0.151 e. The summed E-state index contributed by atoms with van der Waals surface area (Å²) in [5, 5.41) is 0. The monoisotopic (exact) mass is 246 g/mol. The Balaban J connectivity index is 1.87. The first-order valence-corrected chi connectivity index (χ1v) is 6.43. The van der Waals surface area contributed by atoms with Crippen LogP contribution in [0.2, 0.25) is 0 Å². The molecule has 4 aliphatic heterocycles. The van der Waals surface area contributed by atoms with E-state index < -0.39 is 5.41 Å². The van der Waals surface area contributed by atoms with Crippen LogP contribution in [-0.4, -0.2) is 48.4 Å². The minimum atomic E-state index is -0.620. The van der Waals surface area contributed by atoms with Crippen LogP contribution in [0.5, 0.6) is 0 Å². The van der Waals surface area contributed by atoms with Gasteiger partial charge in [0.15, 0.2) is 5.78 Å². The molecule has 0 aromatic heterocycles. The molecule has 4 fully saturated rings. The van der Waals surface area contributed by atoms with Crippen LogP contribution in [0.4, 0.5) is 4.39 Å². The Morgan fingerprint density at radius 1 is 1.17 bits per heavy atom. The van der Waals surface area contributed by atoms with Gasteiger partial charge in [-0.05, 0) is 6.07 Å². The van der Waals surface area contributed by atoms with Gasteiger partial charge in [-0.1, -0.05) is 18.2 Å². The molecule has 5 rings (SSSR count). The van der Waals surface area contributed by atoms with Crippen molar-refractivity contribution < 1.29 is 9.18 Å². The van der Waals surface area contributed by atoms with E-state index in [1.165, 1.54) is 6.07 Å². The Bertz CT molecular complexity index is 516. The summed E-state index contributed by atoms with van der Waals surface area (Å²) in [5.41, 5.74) is -0.0285. The quantitative estimate of drug-likeness (QED) is 0.734. The molecule has 0 spiro atoms. The lowest BCUT2D eigenvalue weighted by Crippen LogP contribution is -2.73. The van der Waals surface area contributed by atoms with Crippen LogP contribution in [0.1, 0.15) is 5.56 Å². The number of carbonyl (C=O) groups excluding carboxylic acids is 1. The van der Waals surface area contributed by atoms with Gasteiger partial charge in [-0.25, -0.2) is 4.39 Å². The first-order chi connectivity index (χ1) is 8.69. The maximum Gasteiger partial charge on any atom is 0.151 e. The lowest BCUT2D eigenvalue weighted by molar-refractivity contribution is -0.154. The number of benzene rings is 1. The molecule has 1 aromatic rings. The summed E-state index contributed by atoms with van der Waals surface area (Å²) < 4.78 is 14.1. The molecule has 4 heterocycles. The molecule has 4 saturated heterocycles. The fourth-order valence-corrected chi connectivity index (χ4v) is 3.99. The highest BCUT2D eigenvalue weighted by Crippen LogP contribution is 2.42. The van der Waals surface area contributed by atoms with Crippen LogP contribution in [0.15, 0.2) is 24.3 Å². The Hall–Kier alpha value is -1.26. The molecular weight excluding hydrogens is 231 g/mol. The van der Waals surface area contributed by atoms with E-state index in [-0.39, 0.29) is 17.5 Å². The zero-order valence-electron chi connectivity index (χ0n) is 10.1. The van der Waals surface area contributed by atoms with Crippen molar-refractivity contribution >= 4 is 5.78 Å². The minimum Gasteiger partial charge on any atom is -0.298 e. The van der Waals surface area contributed by atoms with E-state index in [0.29, 0.717) is 18.7 Å². The van der Waals surface area contributed by atoms with Crippen molar-refractivity contribution in [1.29, 1.82) is 0 Å². The minimum absolute atomic E-state index is 0.0702. The van der Waals surface area contributed by atoms with Crippen LogP contribution in [-0.2, 0) is 10.2 Å². The summed E-state index contributed by atoms with van der Waals surface area (Å²) in [4.78, 5) is 17.2. The van der Waals surface area contributed by atoms with Crippen molar-refractivity contribution in [3.8, 4) is 0 Å². The van der Waals surface area contributed by atoms with Crippen molar-refractivity contribution in [2.45, 2.75) is 5.41 Å². The Kier molecular flexibility index (Phi) is 2.01. The Labute approximate surface area is 105 Å². The lowest BCUT2D eigenvalue weighted by atomic mass is 9.65. The molecule has 3 nitrogen and oxygen atoms in total. The van der Waals surface area contributed by atoms with Gasteiger partial charge in [0.1, 0.15) is 5.82 Å². The van der Waals surface area contributed by atoms with E-state index in [1.807, 2.05) is 6.07 Å². The third kappa shape index (κ3) is 1.22.